The summed E-state index contributed by atoms with van der Waals surface area (Å²) in [5.41, 5.74) is 34.3. The number of thiophene rings is 2. The minimum Gasteiger partial charge on any atom is -0.456 e. The second-order valence-corrected chi connectivity index (χ2v) is 41.6. The molecule has 19 heteroatoms. The first kappa shape index (κ1) is 90.1. The smallest absolute Gasteiger partial charge is 0.227 e. The van der Waals surface area contributed by atoms with Crippen LogP contribution in [0, 0.1) is 0 Å². The molecule has 2 N–H and O–H groups in total. The quantitative estimate of drug-likeness (QED) is 0.116. The number of anilines is 7. The first-order chi connectivity index (χ1) is 72.9. The summed E-state index contributed by atoms with van der Waals surface area (Å²) in [5, 5.41) is 16.8. The van der Waals surface area contributed by atoms with E-state index in [1.54, 1.807) is 11.3 Å². The number of hydrogen-bond donors (Lipinski definition) is 1. The van der Waals surface area contributed by atoms with Crippen molar-refractivity contribution in [3.05, 3.63) is 474 Å². The molecule has 0 saturated carbocycles. The SMILES string of the molecule is Brc1ccc(-c2nc3ccccc3o2)cc1.Brc1ccc2c(c1)oc1cc3c(cc12)sc1cc(Br)ccc13.C.Nc1ccc(-n2c3ccccc3c3ccccc32)cc1.c1ccc2oc(-c3ccc(N(c4ccc(-n5c6ccccc6c6ccccc65)cc4)c4ccc5c(c4)oc4cc6c(cc45)sc4cc(N(c5ccc(-c7nc8ccccc8o7)cc5)c5ccc(-n7c8ccccc8c8ccccc87)cc5)ccc46)cc3)nc2c1. The van der Waals surface area contributed by atoms with Gasteiger partial charge in [-0.15, -0.1) is 22.7 Å². The summed E-state index contributed by atoms with van der Waals surface area (Å²) in [5.74, 6) is 1.84. The normalized spacial score (nSPS) is 11.7. The van der Waals surface area contributed by atoms with Crippen LogP contribution < -0.4 is 15.5 Å². The molecule has 0 aliphatic rings. The van der Waals surface area contributed by atoms with E-state index in [1.165, 1.54) is 111 Å². The number of furan rings is 2. The van der Waals surface area contributed by atoms with E-state index >= 15 is 0 Å². The Bertz CT molecular complexity index is 9940. The van der Waals surface area contributed by atoms with Crippen molar-refractivity contribution in [3.8, 4) is 51.4 Å². The molecule has 10 aromatic heterocycles. The molecule has 21 aromatic carbocycles. The van der Waals surface area contributed by atoms with Gasteiger partial charge in [-0.3, -0.25) is 0 Å². The lowest BCUT2D eigenvalue weighted by atomic mass is 10.1. The van der Waals surface area contributed by atoms with Crippen LogP contribution in [0.2, 0.25) is 0 Å². The largest absolute Gasteiger partial charge is 0.456 e. The molecule has 0 aliphatic heterocycles. The van der Waals surface area contributed by atoms with Crippen molar-refractivity contribution in [3.63, 3.8) is 0 Å². The van der Waals surface area contributed by atoms with Gasteiger partial charge in [-0.05, 0) is 297 Å². The summed E-state index contributed by atoms with van der Waals surface area (Å²) >= 11 is 14.1. The van der Waals surface area contributed by atoms with Gasteiger partial charge in [0.2, 0.25) is 17.7 Å². The topological polar surface area (TPSA) is 152 Å². The Labute approximate surface area is 885 Å². The zero-order chi connectivity index (χ0) is 98.3. The van der Waals surface area contributed by atoms with Crippen LogP contribution in [-0.4, -0.2) is 28.7 Å². The third-order valence-electron chi connectivity index (χ3n) is 27.9. The molecular weight excluding hydrogens is 2070 g/mol. The zero-order valence-electron chi connectivity index (χ0n) is 78.5. The van der Waals surface area contributed by atoms with Gasteiger partial charge in [-0.1, -0.05) is 213 Å². The molecule has 710 valence electrons. The second kappa shape index (κ2) is 37.1. The van der Waals surface area contributed by atoms with Gasteiger partial charge in [0.15, 0.2) is 16.7 Å². The molecule has 0 unspecified atom stereocenters. The van der Waals surface area contributed by atoms with Crippen molar-refractivity contribution in [2.75, 3.05) is 15.5 Å². The van der Waals surface area contributed by atoms with Crippen LogP contribution in [0.5, 0.6) is 0 Å². The molecule has 0 radical (unpaired) electrons. The fourth-order valence-electron chi connectivity index (χ4n) is 21.0. The highest BCUT2D eigenvalue weighted by Gasteiger charge is 2.25. The molecule has 0 atom stereocenters. The van der Waals surface area contributed by atoms with Crippen LogP contribution in [0.25, 0.3) is 234 Å². The summed E-state index contributed by atoms with van der Waals surface area (Å²) in [6.45, 7) is 0. The number of aromatic nitrogens is 6. The van der Waals surface area contributed by atoms with Gasteiger partial charge in [0.25, 0.3) is 0 Å². The van der Waals surface area contributed by atoms with E-state index in [9.17, 15) is 0 Å². The van der Waals surface area contributed by atoms with E-state index in [4.69, 9.17) is 37.8 Å². The minimum atomic E-state index is 0. The van der Waals surface area contributed by atoms with Gasteiger partial charge in [-0.25, -0.2) is 15.0 Å². The van der Waals surface area contributed by atoms with E-state index in [0.29, 0.717) is 17.7 Å². The van der Waals surface area contributed by atoms with Crippen molar-refractivity contribution < 1.29 is 22.1 Å². The van der Waals surface area contributed by atoms with E-state index < -0.39 is 0 Å². The maximum atomic E-state index is 6.95. The highest BCUT2D eigenvalue weighted by Crippen LogP contribution is 2.49. The Kier molecular flexibility index (Phi) is 22.4. The molecule has 14 nitrogen and oxygen atoms in total. The molecule has 31 aromatic rings. The summed E-state index contributed by atoms with van der Waals surface area (Å²) in [6, 6.07) is 161. The Morgan fingerprint density at radius 2 is 0.483 bits per heavy atom. The Hall–Kier alpha value is -17.7. The maximum Gasteiger partial charge on any atom is 0.227 e. The number of nitrogen functional groups attached to an aromatic ring is 1. The highest BCUT2D eigenvalue weighted by molar-refractivity contribution is 9.11. The zero-order valence-corrected chi connectivity index (χ0v) is 84.9. The lowest BCUT2D eigenvalue weighted by Gasteiger charge is -2.26. The van der Waals surface area contributed by atoms with Gasteiger partial charge in [-0.2, -0.15) is 0 Å². The molecule has 0 fully saturated rings. The molecule has 0 saturated heterocycles. The van der Waals surface area contributed by atoms with Crippen molar-refractivity contribution >= 4 is 293 Å². The lowest BCUT2D eigenvalue weighted by molar-refractivity contribution is 0.619. The van der Waals surface area contributed by atoms with Crippen LogP contribution in [0.15, 0.2) is 497 Å². The number of hydrogen-bond acceptors (Lipinski definition) is 13. The van der Waals surface area contributed by atoms with E-state index in [-0.39, 0.29) is 7.43 Å². The molecular formula is C130H82Br3N9O5S2. The summed E-state index contributed by atoms with van der Waals surface area (Å²) in [7, 11) is 0. The lowest BCUT2D eigenvalue weighted by Crippen LogP contribution is -2.10. The van der Waals surface area contributed by atoms with Crippen molar-refractivity contribution in [2.24, 2.45) is 0 Å². The second-order valence-electron chi connectivity index (χ2n) is 36.7. The van der Waals surface area contributed by atoms with Crippen molar-refractivity contribution in [2.45, 2.75) is 7.43 Å². The van der Waals surface area contributed by atoms with Crippen molar-refractivity contribution in [1.82, 2.24) is 28.7 Å². The molecule has 0 spiro atoms. The molecule has 0 aliphatic carbocycles. The third kappa shape index (κ3) is 16.1. The molecule has 31 rings (SSSR count). The van der Waals surface area contributed by atoms with Crippen molar-refractivity contribution in [1.29, 1.82) is 0 Å². The van der Waals surface area contributed by atoms with Crippen LogP contribution in [-0.2, 0) is 0 Å². The Morgan fingerprint density at radius 3 is 0.866 bits per heavy atom. The van der Waals surface area contributed by atoms with Crippen LogP contribution >= 0.6 is 70.5 Å². The predicted octanol–water partition coefficient (Wildman–Crippen LogP) is 39.4. The number of halogens is 3. The molecule has 0 bridgehead atoms. The third-order valence-corrected chi connectivity index (χ3v) is 31.6. The number of rotatable bonds is 12. The van der Waals surface area contributed by atoms with Gasteiger partial charge in [0.05, 0.1) is 33.1 Å². The average molecular weight is 2150 g/mol. The number of oxazole rings is 3. The van der Waals surface area contributed by atoms with Crippen LogP contribution in [0.3, 0.4) is 0 Å². The fraction of sp³-hybridized carbons (Fsp3) is 0.00769. The number of fused-ring (bicyclic) bond motifs is 24. The Balaban J connectivity index is 0.000000147. The Morgan fingerprint density at radius 1 is 0.208 bits per heavy atom. The standard InChI is InChI=1S/C80H48N6O3S.C18H8Br2OS.C18H14N2.C13H8BrNO.CH4/c1-7-19-69-59(13-1)60-14-2-8-20-70(60)85(69)55-37-33-53(34-38-55)83(51-29-25-49(26-30-51)79-81-67-17-5-11-23-73(67)88-79)57-41-43-63-65-48-78-66(47-76(65)87-75(63)45-57)64-44-42-58(46-77(64)90-78)84(52-31-27-50(28-32-52)80-82-68-18-6-12-24-74(68)89-80)54-35-39-56(40-36-54)86-71-21-9-3-15-61(71)62-16-4-10-22-72(62)86;19-9-1-3-11-13-8-18-14(7-16(13)21-15(11)5-9)12-4-2-10(20)6-17(12)22-18;19-13-9-11-14(12-10-13)20-17-7-3-1-5-15(17)16-6-2-4-8-18(16)20;14-10-7-5-9(6-8-10)13-15-11-3-1-2-4-12(11)16-13;/h1-48H;1-8H;1-12H,19H2;1-8H;1H4. The van der Waals surface area contributed by atoms with E-state index in [1.807, 2.05) is 127 Å². The number of nitrogens with two attached hydrogens (primary N) is 1. The van der Waals surface area contributed by atoms with Gasteiger partial charge >= 0.3 is 0 Å². The van der Waals surface area contributed by atoms with Gasteiger partial charge < -0.3 is 51.3 Å². The molecule has 10 heterocycles. The first-order valence-corrected chi connectivity index (χ1v) is 52.6. The number of benzene rings is 21. The maximum absolute atomic E-state index is 6.95. The summed E-state index contributed by atoms with van der Waals surface area (Å²) in [4.78, 5) is 18.7. The number of nitrogens with zero attached hydrogens (tertiary/aromatic N) is 8. The monoisotopic (exact) mass is 2150 g/mol. The molecule has 0 amide bonds. The van der Waals surface area contributed by atoms with Gasteiger partial charge in [0, 0.05) is 187 Å². The molecule has 149 heavy (non-hydrogen) atoms. The first-order valence-electron chi connectivity index (χ1n) is 48.5. The van der Waals surface area contributed by atoms with Crippen LogP contribution in [0.1, 0.15) is 7.43 Å². The van der Waals surface area contributed by atoms with E-state index in [2.05, 4.69) is 422 Å². The van der Waals surface area contributed by atoms with E-state index in [0.717, 1.165) is 159 Å². The highest BCUT2D eigenvalue weighted by atomic mass is 79.9. The van der Waals surface area contributed by atoms with Crippen LogP contribution in [0.4, 0.5) is 39.8 Å². The van der Waals surface area contributed by atoms with Gasteiger partial charge in [0.1, 0.15) is 38.9 Å². The number of para-hydroxylation sites is 12. The summed E-state index contributed by atoms with van der Waals surface area (Å²) < 4.78 is 46.3. The predicted molar refractivity (Wildman–Crippen MR) is 632 cm³/mol. The average Bonchev–Trinajstić information content (AvgIpc) is 1.56. The summed E-state index contributed by atoms with van der Waals surface area (Å²) in [6.07, 6.45) is 0. The minimum absolute atomic E-state index is 0. The fourth-order valence-corrected chi connectivity index (χ4v) is 24.4.